The van der Waals surface area contributed by atoms with Crippen molar-refractivity contribution < 1.29 is 9.66 Å². The minimum atomic E-state index is -0.453. The van der Waals surface area contributed by atoms with Crippen molar-refractivity contribution >= 4 is 16.7 Å². The summed E-state index contributed by atoms with van der Waals surface area (Å²) in [6.45, 7) is 0. The van der Waals surface area contributed by atoms with Crippen LogP contribution in [0.25, 0.3) is 22.6 Å². The molecule has 3 aromatic rings. The fourth-order valence-corrected chi connectivity index (χ4v) is 1.79. The van der Waals surface area contributed by atoms with Crippen LogP contribution in [0, 0.1) is 10.1 Å². The normalized spacial score (nSPS) is 10.7. The van der Waals surface area contributed by atoms with E-state index in [4.69, 9.17) is 4.74 Å². The standard InChI is InChI=1S/C12H9N5O3/c1-20-11-6-13-5-10(14-11)12-15-8-3-2-7(17(18)19)4-9(8)16-12/h2-6H,1H3,(H,15,16). The zero-order chi connectivity index (χ0) is 14.1. The Balaban J connectivity index is 2.10. The molecule has 0 fully saturated rings. The largest absolute Gasteiger partial charge is 0.480 e. The van der Waals surface area contributed by atoms with Crippen LogP contribution in [0.1, 0.15) is 0 Å². The summed E-state index contributed by atoms with van der Waals surface area (Å²) < 4.78 is 5.00. The van der Waals surface area contributed by atoms with Gasteiger partial charge in [-0.25, -0.2) is 9.97 Å². The molecule has 3 rings (SSSR count). The number of aromatic amines is 1. The van der Waals surface area contributed by atoms with Gasteiger partial charge in [-0.1, -0.05) is 0 Å². The van der Waals surface area contributed by atoms with Gasteiger partial charge in [0, 0.05) is 12.1 Å². The van der Waals surface area contributed by atoms with E-state index in [9.17, 15) is 10.1 Å². The van der Waals surface area contributed by atoms with Gasteiger partial charge in [0.25, 0.3) is 5.69 Å². The predicted molar refractivity (Wildman–Crippen MR) is 70.3 cm³/mol. The van der Waals surface area contributed by atoms with Crippen LogP contribution in [0.2, 0.25) is 0 Å². The molecule has 0 spiro atoms. The molecule has 0 atom stereocenters. The van der Waals surface area contributed by atoms with Crippen LogP contribution in [0.4, 0.5) is 5.69 Å². The van der Waals surface area contributed by atoms with Crippen LogP contribution in [0.15, 0.2) is 30.6 Å². The molecule has 20 heavy (non-hydrogen) atoms. The molecule has 100 valence electrons. The molecule has 0 unspecified atom stereocenters. The molecule has 2 heterocycles. The molecule has 8 heteroatoms. The number of nitro groups is 1. The quantitative estimate of drug-likeness (QED) is 0.576. The zero-order valence-corrected chi connectivity index (χ0v) is 10.4. The van der Waals surface area contributed by atoms with E-state index in [1.54, 1.807) is 6.07 Å². The first-order valence-electron chi connectivity index (χ1n) is 5.68. The molecular weight excluding hydrogens is 262 g/mol. The van der Waals surface area contributed by atoms with Crippen LogP contribution in [0.3, 0.4) is 0 Å². The van der Waals surface area contributed by atoms with Gasteiger partial charge in [0.2, 0.25) is 5.88 Å². The van der Waals surface area contributed by atoms with Crippen LogP contribution >= 0.6 is 0 Å². The second kappa shape index (κ2) is 4.57. The molecular formula is C12H9N5O3. The minimum Gasteiger partial charge on any atom is -0.480 e. The first-order valence-corrected chi connectivity index (χ1v) is 5.68. The molecule has 0 saturated heterocycles. The smallest absolute Gasteiger partial charge is 0.271 e. The Morgan fingerprint density at radius 3 is 2.90 bits per heavy atom. The van der Waals surface area contributed by atoms with Crippen molar-refractivity contribution in [3.05, 3.63) is 40.7 Å². The molecule has 0 amide bonds. The third-order valence-electron chi connectivity index (χ3n) is 2.74. The highest BCUT2D eigenvalue weighted by Gasteiger charge is 2.12. The minimum absolute atomic E-state index is 0.00410. The van der Waals surface area contributed by atoms with Crippen LogP contribution in [0.5, 0.6) is 5.88 Å². The van der Waals surface area contributed by atoms with Crippen molar-refractivity contribution in [3.8, 4) is 17.4 Å². The molecule has 0 aliphatic rings. The van der Waals surface area contributed by atoms with Gasteiger partial charge in [0.15, 0.2) is 5.82 Å². The number of hydrogen-bond donors (Lipinski definition) is 1. The third-order valence-corrected chi connectivity index (χ3v) is 2.74. The number of aromatic nitrogens is 4. The molecule has 0 aliphatic carbocycles. The second-order valence-corrected chi connectivity index (χ2v) is 3.99. The van der Waals surface area contributed by atoms with Crippen molar-refractivity contribution in [3.63, 3.8) is 0 Å². The monoisotopic (exact) mass is 271 g/mol. The van der Waals surface area contributed by atoms with Gasteiger partial charge >= 0.3 is 0 Å². The number of H-pyrrole nitrogens is 1. The molecule has 0 radical (unpaired) electrons. The summed E-state index contributed by atoms with van der Waals surface area (Å²) in [6, 6.07) is 4.42. The van der Waals surface area contributed by atoms with Gasteiger partial charge in [-0.2, -0.15) is 0 Å². The highest BCUT2D eigenvalue weighted by atomic mass is 16.6. The van der Waals surface area contributed by atoms with Gasteiger partial charge in [0.05, 0.1) is 35.5 Å². The Labute approximate surface area is 112 Å². The Morgan fingerprint density at radius 1 is 1.30 bits per heavy atom. The Morgan fingerprint density at radius 2 is 2.15 bits per heavy atom. The predicted octanol–water partition coefficient (Wildman–Crippen LogP) is 1.94. The second-order valence-electron chi connectivity index (χ2n) is 3.99. The fraction of sp³-hybridized carbons (Fsp3) is 0.0833. The number of nitrogens with one attached hydrogen (secondary N) is 1. The Kier molecular flexibility index (Phi) is 2.75. The van der Waals surface area contributed by atoms with E-state index in [2.05, 4.69) is 19.9 Å². The zero-order valence-electron chi connectivity index (χ0n) is 10.4. The number of rotatable bonds is 3. The lowest BCUT2D eigenvalue weighted by atomic mass is 10.3. The summed E-state index contributed by atoms with van der Waals surface area (Å²) in [4.78, 5) is 25.8. The first-order chi connectivity index (χ1) is 9.67. The van der Waals surface area contributed by atoms with E-state index < -0.39 is 4.92 Å². The SMILES string of the molecule is COc1cncc(-c2nc3ccc([N+](=O)[O-])cc3[nH]2)n1. The van der Waals surface area contributed by atoms with E-state index >= 15 is 0 Å². The molecule has 1 N–H and O–H groups in total. The fourth-order valence-electron chi connectivity index (χ4n) is 1.79. The van der Waals surface area contributed by atoms with E-state index in [1.165, 1.54) is 31.6 Å². The summed E-state index contributed by atoms with van der Waals surface area (Å²) >= 11 is 0. The lowest BCUT2D eigenvalue weighted by molar-refractivity contribution is -0.384. The Bertz CT molecular complexity index is 799. The number of hydrogen-bond acceptors (Lipinski definition) is 6. The van der Waals surface area contributed by atoms with Crippen molar-refractivity contribution in [2.24, 2.45) is 0 Å². The maximum Gasteiger partial charge on any atom is 0.271 e. The van der Waals surface area contributed by atoms with Gasteiger partial charge < -0.3 is 9.72 Å². The molecule has 0 aliphatic heterocycles. The van der Waals surface area contributed by atoms with Crippen LogP contribution in [-0.4, -0.2) is 32.0 Å². The summed E-state index contributed by atoms with van der Waals surface area (Å²) in [6.07, 6.45) is 3.02. The molecule has 8 nitrogen and oxygen atoms in total. The maximum atomic E-state index is 10.7. The number of non-ortho nitro benzene ring substituents is 1. The number of benzene rings is 1. The Hall–Kier alpha value is -3.03. The van der Waals surface area contributed by atoms with Crippen molar-refractivity contribution in [2.75, 3.05) is 7.11 Å². The highest BCUT2D eigenvalue weighted by Crippen LogP contribution is 2.23. The van der Waals surface area contributed by atoms with Crippen molar-refractivity contribution in [1.82, 2.24) is 19.9 Å². The molecule has 1 aromatic carbocycles. The van der Waals surface area contributed by atoms with E-state index in [-0.39, 0.29) is 5.69 Å². The number of fused-ring (bicyclic) bond motifs is 1. The number of nitrogens with zero attached hydrogens (tertiary/aromatic N) is 4. The van der Waals surface area contributed by atoms with E-state index in [0.29, 0.717) is 28.4 Å². The molecule has 0 saturated carbocycles. The van der Waals surface area contributed by atoms with Gasteiger partial charge in [-0.15, -0.1) is 0 Å². The summed E-state index contributed by atoms with van der Waals surface area (Å²) in [5, 5.41) is 10.7. The summed E-state index contributed by atoms with van der Waals surface area (Å²) in [7, 11) is 1.50. The van der Waals surface area contributed by atoms with Crippen LogP contribution < -0.4 is 4.74 Å². The van der Waals surface area contributed by atoms with E-state index in [1.807, 2.05) is 0 Å². The highest BCUT2D eigenvalue weighted by molar-refractivity contribution is 5.80. The summed E-state index contributed by atoms with van der Waals surface area (Å²) in [5.74, 6) is 0.848. The molecule has 0 bridgehead atoms. The first kappa shape index (κ1) is 12.0. The van der Waals surface area contributed by atoms with Crippen LogP contribution in [-0.2, 0) is 0 Å². The van der Waals surface area contributed by atoms with Gasteiger partial charge in [0.1, 0.15) is 5.69 Å². The topological polar surface area (TPSA) is 107 Å². The van der Waals surface area contributed by atoms with Crippen molar-refractivity contribution in [1.29, 1.82) is 0 Å². The van der Waals surface area contributed by atoms with Gasteiger partial charge in [-0.05, 0) is 6.07 Å². The number of ether oxygens (including phenoxy) is 1. The maximum absolute atomic E-state index is 10.7. The number of methoxy groups -OCH3 is 1. The number of imidazole rings is 1. The third kappa shape index (κ3) is 2.03. The van der Waals surface area contributed by atoms with E-state index in [0.717, 1.165) is 0 Å². The summed E-state index contributed by atoms with van der Waals surface area (Å²) in [5.41, 5.74) is 1.70. The average molecular weight is 271 g/mol. The molecule has 2 aromatic heterocycles. The van der Waals surface area contributed by atoms with Crippen molar-refractivity contribution in [2.45, 2.75) is 0 Å². The average Bonchev–Trinajstić information content (AvgIpc) is 2.90. The lowest BCUT2D eigenvalue weighted by Crippen LogP contribution is -1.92. The number of nitro benzene ring substituents is 1. The lowest BCUT2D eigenvalue weighted by Gasteiger charge is -1.99. The van der Waals surface area contributed by atoms with Gasteiger partial charge in [-0.3, -0.25) is 15.1 Å².